The normalized spacial score (nSPS) is 11.9. The number of carbonyl (C=O) groups is 3. The van der Waals surface area contributed by atoms with E-state index in [9.17, 15) is 14.4 Å². The van der Waals surface area contributed by atoms with Gasteiger partial charge in [0.25, 0.3) is 0 Å². The summed E-state index contributed by atoms with van der Waals surface area (Å²) in [7, 11) is 0. The van der Waals surface area contributed by atoms with Gasteiger partial charge in [-0.1, -0.05) is 60.2 Å². The van der Waals surface area contributed by atoms with Crippen molar-refractivity contribution in [1.82, 2.24) is 15.5 Å². The predicted molar refractivity (Wildman–Crippen MR) is 124 cm³/mol. The molecule has 7 nitrogen and oxygen atoms in total. The van der Waals surface area contributed by atoms with Crippen molar-refractivity contribution in [3.05, 3.63) is 71.3 Å². The maximum absolute atomic E-state index is 13.2. The van der Waals surface area contributed by atoms with Crippen LogP contribution in [0, 0.1) is 6.92 Å². The quantitative estimate of drug-likeness (QED) is 0.656. The van der Waals surface area contributed by atoms with Gasteiger partial charge in [-0.3, -0.25) is 9.59 Å². The van der Waals surface area contributed by atoms with Crippen LogP contribution in [0.25, 0.3) is 0 Å². The van der Waals surface area contributed by atoms with E-state index in [2.05, 4.69) is 10.6 Å². The molecule has 0 radical (unpaired) electrons. The first-order valence-corrected chi connectivity index (χ1v) is 10.7. The molecule has 0 aromatic heterocycles. The first-order valence-electron chi connectivity index (χ1n) is 10.7. The number of nitrogens with zero attached hydrogens (tertiary/aromatic N) is 1. The number of nitrogens with one attached hydrogen (secondary N) is 2. The van der Waals surface area contributed by atoms with Crippen LogP contribution < -0.4 is 10.6 Å². The molecule has 0 heterocycles. The molecule has 0 saturated carbocycles. The van der Waals surface area contributed by atoms with Gasteiger partial charge in [0.1, 0.15) is 18.2 Å². The molecule has 2 N–H and O–H groups in total. The summed E-state index contributed by atoms with van der Waals surface area (Å²) in [5.74, 6) is -0.661. The highest BCUT2D eigenvalue weighted by Gasteiger charge is 2.30. The van der Waals surface area contributed by atoms with Crippen molar-refractivity contribution < 1.29 is 19.1 Å². The molecule has 2 rings (SSSR count). The minimum absolute atomic E-state index is 0.267. The van der Waals surface area contributed by atoms with Crippen LogP contribution in [0.3, 0.4) is 0 Å². The van der Waals surface area contributed by atoms with Crippen LogP contribution >= 0.6 is 0 Å². The Kier molecular flexibility index (Phi) is 8.81. The first-order chi connectivity index (χ1) is 15.1. The van der Waals surface area contributed by atoms with Gasteiger partial charge < -0.3 is 20.3 Å². The molecule has 0 fully saturated rings. The largest absolute Gasteiger partial charge is 0.444 e. The van der Waals surface area contributed by atoms with Crippen LogP contribution in [0.2, 0.25) is 0 Å². The van der Waals surface area contributed by atoms with Crippen LogP contribution in [0.1, 0.15) is 50.4 Å². The van der Waals surface area contributed by atoms with Crippen LogP contribution in [0.15, 0.2) is 54.6 Å². The van der Waals surface area contributed by atoms with E-state index in [-0.39, 0.29) is 18.4 Å². The summed E-state index contributed by atoms with van der Waals surface area (Å²) in [5.41, 5.74) is 1.99. The van der Waals surface area contributed by atoms with Crippen molar-refractivity contribution in [3.8, 4) is 0 Å². The number of carbonyl (C=O) groups excluding carboxylic acids is 3. The lowest BCUT2D eigenvalue weighted by Crippen LogP contribution is -2.47. The molecule has 2 aromatic rings. The Morgan fingerprint density at radius 1 is 1.00 bits per heavy atom. The van der Waals surface area contributed by atoms with Gasteiger partial charge >= 0.3 is 6.09 Å². The molecule has 0 saturated heterocycles. The Bertz CT molecular complexity index is 922. The second-order valence-electron chi connectivity index (χ2n) is 8.56. The average Bonchev–Trinajstić information content (AvgIpc) is 2.73. The molecule has 172 valence electrons. The maximum Gasteiger partial charge on any atom is 0.408 e. The van der Waals surface area contributed by atoms with Crippen molar-refractivity contribution in [3.63, 3.8) is 0 Å². The molecule has 7 heteroatoms. The number of likely N-dealkylation sites (N-methyl/N-ethyl adjacent to an activating group) is 1. The van der Waals surface area contributed by atoms with E-state index < -0.39 is 17.7 Å². The van der Waals surface area contributed by atoms with Gasteiger partial charge in [-0.05, 0) is 45.7 Å². The van der Waals surface area contributed by atoms with Crippen molar-refractivity contribution in [1.29, 1.82) is 0 Å². The fraction of sp³-hybridized carbons (Fsp3) is 0.400. The molecule has 1 unspecified atom stereocenters. The lowest BCUT2D eigenvalue weighted by molar-refractivity contribution is -0.140. The SMILES string of the molecule is CCN(C(=O)CNC(=O)OC(C)(C)C)C(C(=O)NCc1ccccc1)c1cccc(C)c1. The molecule has 32 heavy (non-hydrogen) atoms. The monoisotopic (exact) mass is 439 g/mol. The Morgan fingerprint density at radius 2 is 1.69 bits per heavy atom. The highest BCUT2D eigenvalue weighted by Crippen LogP contribution is 2.22. The number of hydrogen-bond acceptors (Lipinski definition) is 4. The van der Waals surface area contributed by atoms with Gasteiger partial charge in [0, 0.05) is 13.1 Å². The smallest absolute Gasteiger partial charge is 0.408 e. The molecule has 0 bridgehead atoms. The highest BCUT2D eigenvalue weighted by molar-refractivity contribution is 5.90. The lowest BCUT2D eigenvalue weighted by Gasteiger charge is -2.31. The molecule has 0 aliphatic rings. The molecular formula is C25H33N3O4. The van der Waals surface area contributed by atoms with Gasteiger partial charge in [-0.2, -0.15) is 0 Å². The molecule has 1 atom stereocenters. The Balaban J connectivity index is 2.19. The fourth-order valence-corrected chi connectivity index (χ4v) is 3.26. The van der Waals surface area contributed by atoms with Crippen LogP contribution in [-0.2, 0) is 20.9 Å². The van der Waals surface area contributed by atoms with Crippen molar-refractivity contribution in [2.45, 2.75) is 52.8 Å². The predicted octanol–water partition coefficient (Wildman–Crippen LogP) is 3.73. The van der Waals surface area contributed by atoms with E-state index in [0.717, 1.165) is 11.1 Å². The Morgan fingerprint density at radius 3 is 2.28 bits per heavy atom. The number of ether oxygens (including phenoxy) is 1. The van der Waals surface area contributed by atoms with Crippen LogP contribution in [-0.4, -0.2) is 41.5 Å². The third kappa shape index (κ3) is 7.72. The van der Waals surface area contributed by atoms with Gasteiger partial charge in [-0.25, -0.2) is 4.79 Å². The zero-order valence-corrected chi connectivity index (χ0v) is 19.5. The number of hydrogen-bond donors (Lipinski definition) is 2. The summed E-state index contributed by atoms with van der Waals surface area (Å²) in [5, 5.41) is 5.42. The molecule has 0 aliphatic heterocycles. The lowest BCUT2D eigenvalue weighted by atomic mass is 10.0. The van der Waals surface area contributed by atoms with Crippen LogP contribution in [0.4, 0.5) is 4.79 Å². The standard InChI is InChI=1S/C25H33N3O4/c1-6-28(21(29)17-27-24(31)32-25(3,4)5)22(20-14-10-11-18(2)15-20)23(30)26-16-19-12-8-7-9-13-19/h7-15,22H,6,16-17H2,1-5H3,(H,26,30)(H,27,31). The zero-order chi connectivity index (χ0) is 23.7. The van der Waals surface area contributed by atoms with Gasteiger partial charge in [-0.15, -0.1) is 0 Å². The minimum atomic E-state index is -0.823. The third-order valence-electron chi connectivity index (χ3n) is 4.67. The second kappa shape index (κ2) is 11.3. The van der Waals surface area contributed by atoms with E-state index in [0.29, 0.717) is 18.7 Å². The van der Waals surface area contributed by atoms with Gasteiger partial charge in [0.05, 0.1) is 0 Å². The van der Waals surface area contributed by atoms with Gasteiger partial charge in [0.15, 0.2) is 0 Å². The zero-order valence-electron chi connectivity index (χ0n) is 19.5. The van der Waals surface area contributed by atoms with Crippen molar-refractivity contribution in [2.24, 2.45) is 0 Å². The molecule has 3 amide bonds. The summed E-state index contributed by atoms with van der Waals surface area (Å²) in [6.07, 6.45) is -0.678. The number of amides is 3. The van der Waals surface area contributed by atoms with Crippen LogP contribution in [0.5, 0.6) is 0 Å². The fourth-order valence-electron chi connectivity index (χ4n) is 3.26. The number of aryl methyl sites for hydroxylation is 1. The van der Waals surface area contributed by atoms with E-state index >= 15 is 0 Å². The summed E-state index contributed by atoms with van der Waals surface area (Å²) >= 11 is 0. The van der Waals surface area contributed by atoms with E-state index in [4.69, 9.17) is 4.74 Å². The Labute approximate surface area is 190 Å². The topological polar surface area (TPSA) is 87.7 Å². The summed E-state index contributed by atoms with van der Waals surface area (Å²) < 4.78 is 5.20. The van der Waals surface area contributed by atoms with E-state index in [1.807, 2.05) is 61.5 Å². The first kappa shape index (κ1) is 24.9. The summed E-state index contributed by atoms with van der Waals surface area (Å²) in [6.45, 7) is 9.36. The summed E-state index contributed by atoms with van der Waals surface area (Å²) in [4.78, 5) is 39.7. The number of benzene rings is 2. The van der Waals surface area contributed by atoms with Crippen molar-refractivity contribution in [2.75, 3.05) is 13.1 Å². The third-order valence-corrected chi connectivity index (χ3v) is 4.67. The summed E-state index contributed by atoms with van der Waals surface area (Å²) in [6, 6.07) is 16.3. The highest BCUT2D eigenvalue weighted by atomic mass is 16.6. The molecule has 0 aliphatic carbocycles. The minimum Gasteiger partial charge on any atom is -0.444 e. The van der Waals surface area contributed by atoms with Gasteiger partial charge in [0.2, 0.25) is 11.8 Å². The molecular weight excluding hydrogens is 406 g/mol. The second-order valence-corrected chi connectivity index (χ2v) is 8.56. The van der Waals surface area contributed by atoms with Crippen molar-refractivity contribution >= 4 is 17.9 Å². The Hall–Kier alpha value is -3.35. The maximum atomic E-state index is 13.2. The number of rotatable bonds is 8. The molecule has 0 spiro atoms. The van der Waals surface area contributed by atoms with E-state index in [1.54, 1.807) is 27.7 Å². The van der Waals surface area contributed by atoms with E-state index in [1.165, 1.54) is 4.90 Å². The number of alkyl carbamates (subject to hydrolysis) is 1. The molecule has 2 aromatic carbocycles. The average molecular weight is 440 g/mol.